The third-order valence-corrected chi connectivity index (χ3v) is 9.65. The van der Waals surface area contributed by atoms with E-state index in [0.717, 1.165) is 9.87 Å². The van der Waals surface area contributed by atoms with Gasteiger partial charge in [0, 0.05) is 30.1 Å². The number of carbonyl (C=O) groups is 2. The van der Waals surface area contributed by atoms with E-state index in [1.807, 2.05) is 30.3 Å². The van der Waals surface area contributed by atoms with Crippen molar-refractivity contribution in [1.29, 1.82) is 0 Å². The molecule has 0 heterocycles. The molecule has 0 bridgehead atoms. The van der Waals surface area contributed by atoms with Crippen molar-refractivity contribution in [2.75, 3.05) is 17.9 Å². The minimum Gasteiger partial charge on any atom is -0.357 e. The third-order valence-electron chi connectivity index (χ3n) is 6.63. The van der Waals surface area contributed by atoms with Crippen molar-refractivity contribution in [3.05, 3.63) is 128 Å². The maximum atomic E-state index is 14.3. The summed E-state index contributed by atoms with van der Waals surface area (Å²) in [7, 11) is -2.80. The number of likely N-dealkylation sites (N-methyl/N-ethyl adjacent to an activating group) is 1. The van der Waals surface area contributed by atoms with Crippen LogP contribution in [0.3, 0.4) is 0 Å². The molecule has 1 N–H and O–H groups in total. The van der Waals surface area contributed by atoms with Gasteiger partial charge in [0.25, 0.3) is 10.0 Å². The number of hydrogen-bond donors (Lipinski definition) is 1. The molecule has 0 saturated heterocycles. The maximum Gasteiger partial charge on any atom is 0.264 e. The zero-order chi connectivity index (χ0) is 31.1. The SMILES string of the molecule is CNC(=O)[C@@H](Cc1ccccc1)N(Cc1ccc(Cl)c(Cl)c1)C(=O)CN(c1cccc(Cl)c1)S(=O)(=O)c1ccc(Cl)cc1. The molecule has 7 nitrogen and oxygen atoms in total. The van der Waals surface area contributed by atoms with Crippen LogP contribution >= 0.6 is 46.4 Å². The van der Waals surface area contributed by atoms with Gasteiger partial charge in [-0.1, -0.05) is 88.9 Å². The Bertz CT molecular complexity index is 1700. The average Bonchev–Trinajstić information content (AvgIpc) is 2.99. The minimum atomic E-state index is -4.28. The normalized spacial score (nSPS) is 11.9. The maximum absolute atomic E-state index is 14.3. The Morgan fingerprint density at radius 1 is 0.767 bits per heavy atom. The van der Waals surface area contributed by atoms with E-state index in [4.69, 9.17) is 46.4 Å². The standard InChI is InChI=1S/C31H27Cl4N3O4S/c1-36-31(40)29(17-21-6-3-2-4-7-21)37(19-22-10-15-27(34)28(35)16-22)30(39)20-38(25-9-5-8-24(33)18-25)43(41,42)26-13-11-23(32)12-14-26/h2-16,18,29H,17,19-20H2,1H3,(H,36,40)/t29-/m1/s1. The second-order valence-corrected chi connectivity index (χ2v) is 13.1. The first-order valence-corrected chi connectivity index (χ1v) is 16.0. The smallest absolute Gasteiger partial charge is 0.264 e. The van der Waals surface area contributed by atoms with Gasteiger partial charge in [-0.25, -0.2) is 8.42 Å². The van der Waals surface area contributed by atoms with E-state index in [1.54, 1.807) is 30.3 Å². The summed E-state index contributed by atoms with van der Waals surface area (Å²) in [5.74, 6) is -1.06. The average molecular weight is 679 g/mol. The number of rotatable bonds is 11. The third kappa shape index (κ3) is 8.22. The van der Waals surface area contributed by atoms with E-state index >= 15 is 0 Å². The summed E-state index contributed by atoms with van der Waals surface area (Å²) in [4.78, 5) is 28.9. The fourth-order valence-electron chi connectivity index (χ4n) is 4.45. The minimum absolute atomic E-state index is 0.0506. The molecule has 12 heteroatoms. The number of hydrogen-bond acceptors (Lipinski definition) is 4. The molecular formula is C31H27Cl4N3O4S. The molecule has 4 aromatic carbocycles. The zero-order valence-electron chi connectivity index (χ0n) is 22.9. The van der Waals surface area contributed by atoms with Crippen LogP contribution in [0.15, 0.2) is 102 Å². The van der Waals surface area contributed by atoms with E-state index in [9.17, 15) is 18.0 Å². The fraction of sp³-hybridized carbons (Fsp3) is 0.161. The molecule has 43 heavy (non-hydrogen) atoms. The van der Waals surface area contributed by atoms with Gasteiger partial charge in [-0.15, -0.1) is 0 Å². The van der Waals surface area contributed by atoms with Crippen molar-refractivity contribution in [3.8, 4) is 0 Å². The van der Waals surface area contributed by atoms with Crippen LogP contribution in [0.25, 0.3) is 0 Å². The Morgan fingerprint density at radius 2 is 1.47 bits per heavy atom. The van der Waals surface area contributed by atoms with Gasteiger partial charge in [0.2, 0.25) is 11.8 Å². The van der Waals surface area contributed by atoms with Gasteiger partial charge in [-0.3, -0.25) is 13.9 Å². The highest BCUT2D eigenvalue weighted by atomic mass is 35.5. The number of amides is 2. The second kappa shape index (κ2) is 14.5. The van der Waals surface area contributed by atoms with Crippen LogP contribution in [-0.4, -0.2) is 44.8 Å². The predicted octanol–water partition coefficient (Wildman–Crippen LogP) is 6.88. The lowest BCUT2D eigenvalue weighted by Gasteiger charge is -2.33. The van der Waals surface area contributed by atoms with Crippen molar-refractivity contribution in [2.24, 2.45) is 0 Å². The van der Waals surface area contributed by atoms with Crippen LogP contribution in [0.1, 0.15) is 11.1 Å². The van der Waals surface area contributed by atoms with Crippen molar-refractivity contribution >= 4 is 73.9 Å². The molecule has 0 aliphatic rings. The Balaban J connectivity index is 1.80. The summed E-state index contributed by atoms with van der Waals surface area (Å²) in [6.07, 6.45) is 0.175. The van der Waals surface area contributed by atoms with Gasteiger partial charge < -0.3 is 10.2 Å². The molecule has 4 aromatic rings. The van der Waals surface area contributed by atoms with Gasteiger partial charge in [-0.05, 0) is 65.7 Å². The van der Waals surface area contributed by atoms with Gasteiger partial charge in [-0.2, -0.15) is 0 Å². The molecule has 4 rings (SSSR count). The highest BCUT2D eigenvalue weighted by Crippen LogP contribution is 2.29. The van der Waals surface area contributed by atoms with Gasteiger partial charge in [0.1, 0.15) is 12.6 Å². The molecule has 0 unspecified atom stereocenters. The molecule has 0 aliphatic heterocycles. The summed E-state index contributed by atoms with van der Waals surface area (Å²) in [5, 5.41) is 3.88. The molecule has 0 saturated carbocycles. The molecule has 0 fully saturated rings. The van der Waals surface area contributed by atoms with E-state index in [-0.39, 0.29) is 33.6 Å². The Morgan fingerprint density at radius 3 is 2.09 bits per heavy atom. The molecule has 0 radical (unpaired) electrons. The van der Waals surface area contributed by atoms with Gasteiger partial charge in [0.15, 0.2) is 0 Å². The summed E-state index contributed by atoms with van der Waals surface area (Å²) in [5.41, 5.74) is 1.58. The van der Waals surface area contributed by atoms with Crippen molar-refractivity contribution in [1.82, 2.24) is 10.2 Å². The number of carbonyl (C=O) groups excluding carboxylic acids is 2. The second-order valence-electron chi connectivity index (χ2n) is 9.54. The van der Waals surface area contributed by atoms with Crippen LogP contribution in [0.5, 0.6) is 0 Å². The lowest BCUT2D eigenvalue weighted by molar-refractivity contribution is -0.139. The van der Waals surface area contributed by atoms with E-state index in [1.165, 1.54) is 48.3 Å². The highest BCUT2D eigenvalue weighted by molar-refractivity contribution is 7.92. The van der Waals surface area contributed by atoms with Gasteiger partial charge >= 0.3 is 0 Å². The molecule has 1 atom stereocenters. The Kier molecular flexibility index (Phi) is 11.0. The topological polar surface area (TPSA) is 86.8 Å². The summed E-state index contributed by atoms with van der Waals surface area (Å²) >= 11 is 24.6. The number of halogens is 4. The lowest BCUT2D eigenvalue weighted by atomic mass is 10.0. The Labute approximate surface area is 271 Å². The van der Waals surface area contributed by atoms with Crippen molar-refractivity contribution < 1.29 is 18.0 Å². The predicted molar refractivity (Wildman–Crippen MR) is 172 cm³/mol. The van der Waals surface area contributed by atoms with Crippen LogP contribution in [-0.2, 0) is 32.6 Å². The molecule has 2 amide bonds. The Hall–Kier alpha value is -3.27. The largest absolute Gasteiger partial charge is 0.357 e. The van der Waals surface area contributed by atoms with E-state index in [0.29, 0.717) is 15.6 Å². The van der Waals surface area contributed by atoms with Crippen LogP contribution in [0.2, 0.25) is 20.1 Å². The summed E-state index contributed by atoms with van der Waals surface area (Å²) in [6.45, 7) is -0.681. The monoisotopic (exact) mass is 677 g/mol. The quantitative estimate of drug-likeness (QED) is 0.187. The number of nitrogens with zero attached hydrogens (tertiary/aromatic N) is 2. The first-order chi connectivity index (χ1) is 20.5. The summed E-state index contributed by atoms with van der Waals surface area (Å²) in [6, 6.07) is 24.9. The van der Waals surface area contributed by atoms with Crippen molar-refractivity contribution in [3.63, 3.8) is 0 Å². The van der Waals surface area contributed by atoms with Crippen LogP contribution in [0.4, 0.5) is 5.69 Å². The zero-order valence-corrected chi connectivity index (χ0v) is 26.7. The van der Waals surface area contributed by atoms with Crippen LogP contribution in [0, 0.1) is 0 Å². The van der Waals surface area contributed by atoms with Crippen molar-refractivity contribution in [2.45, 2.75) is 23.9 Å². The van der Waals surface area contributed by atoms with Crippen LogP contribution < -0.4 is 9.62 Å². The molecule has 224 valence electrons. The number of anilines is 1. The molecule has 0 aromatic heterocycles. The van der Waals surface area contributed by atoms with E-state index < -0.39 is 34.4 Å². The van der Waals surface area contributed by atoms with E-state index in [2.05, 4.69) is 5.32 Å². The number of sulfonamides is 1. The number of nitrogens with one attached hydrogen (secondary N) is 1. The molecule has 0 spiro atoms. The van der Waals surface area contributed by atoms with Gasteiger partial charge in [0.05, 0.1) is 20.6 Å². The lowest BCUT2D eigenvalue weighted by Crippen LogP contribution is -2.53. The highest BCUT2D eigenvalue weighted by Gasteiger charge is 2.34. The number of benzene rings is 4. The fourth-order valence-corrected chi connectivity index (χ4v) is 6.49. The molecular weight excluding hydrogens is 652 g/mol. The molecule has 0 aliphatic carbocycles. The first kappa shape index (κ1) is 32.6. The first-order valence-electron chi connectivity index (χ1n) is 13.0. The summed E-state index contributed by atoms with van der Waals surface area (Å²) < 4.78 is 28.9.